The highest BCUT2D eigenvalue weighted by Crippen LogP contribution is 2.26. The summed E-state index contributed by atoms with van der Waals surface area (Å²) in [5.41, 5.74) is 11.1. The average molecular weight is 399 g/mol. The Morgan fingerprint density at radius 1 is 0.900 bits per heavy atom. The summed E-state index contributed by atoms with van der Waals surface area (Å²) in [4.78, 5) is 26.0. The molecule has 0 saturated carbocycles. The molecule has 1 atom stereocenters. The first-order valence-electron chi connectivity index (χ1n) is 10.2. The Balaban J connectivity index is 1.56. The van der Waals surface area contributed by atoms with Gasteiger partial charge in [-0.25, -0.2) is 0 Å². The van der Waals surface area contributed by atoms with Crippen molar-refractivity contribution in [1.82, 2.24) is 5.32 Å². The van der Waals surface area contributed by atoms with Crippen LogP contribution in [0.2, 0.25) is 0 Å². The number of hydrogen-bond acceptors (Lipinski definition) is 3. The predicted molar refractivity (Wildman–Crippen MR) is 118 cm³/mol. The Morgan fingerprint density at radius 2 is 1.70 bits per heavy atom. The van der Waals surface area contributed by atoms with Gasteiger partial charge in [0, 0.05) is 17.8 Å². The largest absolute Gasteiger partial charge is 0.336 e. The summed E-state index contributed by atoms with van der Waals surface area (Å²) in [5, 5.41) is 5.86. The summed E-state index contributed by atoms with van der Waals surface area (Å²) >= 11 is 0. The van der Waals surface area contributed by atoms with Gasteiger partial charge in [-0.1, -0.05) is 48.5 Å². The van der Waals surface area contributed by atoms with Crippen LogP contribution in [0, 0.1) is 0 Å². The first-order valence-corrected chi connectivity index (χ1v) is 10.2. The lowest BCUT2D eigenvalue weighted by molar-refractivity contribution is -0.118. The molecule has 0 heterocycles. The average Bonchev–Trinajstić information content (AvgIpc) is 3.25. The Labute approximate surface area is 176 Å². The maximum atomic E-state index is 13.2. The normalized spacial score (nSPS) is 13.4. The van der Waals surface area contributed by atoms with Crippen LogP contribution < -0.4 is 16.4 Å². The SMILES string of the molecule is NCc1cccc(C(=O)N[C@@H](C(=O)Nc2ccc3c(c2)CCC3)c2ccccc2)c1. The number of amides is 2. The lowest BCUT2D eigenvalue weighted by atomic mass is 10.0. The lowest BCUT2D eigenvalue weighted by Gasteiger charge is -2.19. The molecule has 5 nitrogen and oxygen atoms in total. The second-order valence-corrected chi connectivity index (χ2v) is 7.55. The molecule has 2 amide bonds. The van der Waals surface area contributed by atoms with Crippen LogP contribution >= 0.6 is 0 Å². The third kappa shape index (κ3) is 4.42. The van der Waals surface area contributed by atoms with Gasteiger partial charge < -0.3 is 16.4 Å². The van der Waals surface area contributed by atoms with E-state index in [1.54, 1.807) is 18.2 Å². The molecule has 0 saturated heterocycles. The Morgan fingerprint density at radius 3 is 2.50 bits per heavy atom. The zero-order valence-corrected chi connectivity index (χ0v) is 16.7. The van der Waals surface area contributed by atoms with E-state index >= 15 is 0 Å². The van der Waals surface area contributed by atoms with Crippen molar-refractivity contribution in [3.05, 3.63) is 101 Å². The van der Waals surface area contributed by atoms with Crippen molar-refractivity contribution < 1.29 is 9.59 Å². The molecule has 0 radical (unpaired) electrons. The van der Waals surface area contributed by atoms with E-state index < -0.39 is 6.04 Å². The van der Waals surface area contributed by atoms with Gasteiger partial charge >= 0.3 is 0 Å². The highest BCUT2D eigenvalue weighted by Gasteiger charge is 2.24. The summed E-state index contributed by atoms with van der Waals surface area (Å²) in [5.74, 6) is -0.592. The van der Waals surface area contributed by atoms with E-state index in [9.17, 15) is 9.59 Å². The first-order chi connectivity index (χ1) is 14.6. The molecule has 0 spiro atoms. The maximum Gasteiger partial charge on any atom is 0.252 e. The van der Waals surface area contributed by atoms with E-state index in [2.05, 4.69) is 16.7 Å². The number of fused-ring (bicyclic) bond motifs is 1. The standard InChI is InChI=1S/C25H25N3O2/c26-16-17-6-4-11-21(14-17)24(29)28-23(19-7-2-1-3-8-19)25(30)27-22-13-12-18-9-5-10-20(18)15-22/h1-4,6-8,11-15,23H,5,9-10,16,26H2,(H,27,30)(H,28,29)/t23-/m1/s1. The van der Waals surface area contributed by atoms with Gasteiger partial charge in [-0.3, -0.25) is 9.59 Å². The maximum absolute atomic E-state index is 13.2. The van der Waals surface area contributed by atoms with Crippen LogP contribution in [0.4, 0.5) is 5.69 Å². The van der Waals surface area contributed by atoms with Crippen molar-refractivity contribution in [2.24, 2.45) is 5.73 Å². The van der Waals surface area contributed by atoms with Crippen LogP contribution in [0.1, 0.15) is 45.1 Å². The predicted octanol–water partition coefficient (Wildman–Crippen LogP) is 3.74. The number of carbonyl (C=O) groups is 2. The monoisotopic (exact) mass is 399 g/mol. The molecule has 0 aromatic heterocycles. The summed E-state index contributed by atoms with van der Waals surface area (Å²) in [6, 6.07) is 21.6. The van der Waals surface area contributed by atoms with Gasteiger partial charge in [-0.2, -0.15) is 0 Å². The molecule has 3 aromatic carbocycles. The van der Waals surface area contributed by atoms with Crippen molar-refractivity contribution in [3.63, 3.8) is 0 Å². The van der Waals surface area contributed by atoms with E-state index in [-0.39, 0.29) is 11.8 Å². The van der Waals surface area contributed by atoms with E-state index in [1.807, 2.05) is 48.5 Å². The highest BCUT2D eigenvalue weighted by molar-refractivity contribution is 6.01. The zero-order chi connectivity index (χ0) is 20.9. The van der Waals surface area contributed by atoms with Gasteiger partial charge in [-0.15, -0.1) is 0 Å². The number of nitrogens with two attached hydrogens (primary N) is 1. The van der Waals surface area contributed by atoms with Crippen molar-refractivity contribution in [2.75, 3.05) is 5.32 Å². The second-order valence-electron chi connectivity index (χ2n) is 7.55. The molecule has 0 unspecified atom stereocenters. The molecular formula is C25H25N3O2. The molecule has 4 N–H and O–H groups in total. The van der Waals surface area contributed by atoms with Gasteiger partial charge in [0.2, 0.25) is 0 Å². The molecule has 5 heteroatoms. The lowest BCUT2D eigenvalue weighted by Crippen LogP contribution is -2.37. The fraction of sp³-hybridized carbons (Fsp3) is 0.200. The third-order valence-electron chi connectivity index (χ3n) is 5.46. The number of benzene rings is 3. The second kappa shape index (κ2) is 8.93. The van der Waals surface area contributed by atoms with Gasteiger partial charge in [0.05, 0.1) is 0 Å². The molecule has 1 aliphatic rings. The summed E-state index contributed by atoms with van der Waals surface area (Å²) in [7, 11) is 0. The molecular weight excluding hydrogens is 374 g/mol. The number of anilines is 1. The number of nitrogens with one attached hydrogen (secondary N) is 2. The smallest absolute Gasteiger partial charge is 0.252 e. The highest BCUT2D eigenvalue weighted by atomic mass is 16.2. The van der Waals surface area contributed by atoms with Gasteiger partial charge in [0.25, 0.3) is 11.8 Å². The van der Waals surface area contributed by atoms with Crippen LogP contribution in [-0.2, 0) is 24.2 Å². The van der Waals surface area contributed by atoms with Crippen LogP contribution in [0.25, 0.3) is 0 Å². The van der Waals surface area contributed by atoms with E-state index in [4.69, 9.17) is 5.73 Å². The Bertz CT molecular complexity index is 1060. The molecule has 3 aromatic rings. The van der Waals surface area contributed by atoms with Crippen molar-refractivity contribution >= 4 is 17.5 Å². The Hall–Kier alpha value is -3.44. The first kappa shape index (κ1) is 19.9. The molecule has 0 bridgehead atoms. The third-order valence-corrected chi connectivity index (χ3v) is 5.46. The minimum absolute atomic E-state index is 0.275. The fourth-order valence-electron chi connectivity index (χ4n) is 3.86. The Kier molecular flexibility index (Phi) is 5.91. The molecule has 30 heavy (non-hydrogen) atoms. The van der Waals surface area contributed by atoms with Crippen molar-refractivity contribution in [2.45, 2.75) is 31.8 Å². The van der Waals surface area contributed by atoms with E-state index in [1.165, 1.54) is 11.1 Å². The number of rotatable bonds is 6. The summed E-state index contributed by atoms with van der Waals surface area (Å²) in [6.07, 6.45) is 3.28. The van der Waals surface area contributed by atoms with Crippen molar-refractivity contribution in [3.8, 4) is 0 Å². The minimum Gasteiger partial charge on any atom is -0.336 e. The fourth-order valence-corrected chi connectivity index (χ4v) is 3.86. The van der Waals surface area contributed by atoms with Crippen LogP contribution in [-0.4, -0.2) is 11.8 Å². The van der Waals surface area contributed by atoms with E-state index in [0.717, 1.165) is 36.1 Å². The summed E-state index contributed by atoms with van der Waals surface area (Å²) < 4.78 is 0. The molecule has 1 aliphatic carbocycles. The summed E-state index contributed by atoms with van der Waals surface area (Å²) in [6.45, 7) is 0.349. The van der Waals surface area contributed by atoms with Gasteiger partial charge in [-0.05, 0) is 65.8 Å². The van der Waals surface area contributed by atoms with Crippen LogP contribution in [0.5, 0.6) is 0 Å². The van der Waals surface area contributed by atoms with Crippen LogP contribution in [0.3, 0.4) is 0 Å². The quantitative estimate of drug-likeness (QED) is 0.590. The van der Waals surface area contributed by atoms with Crippen molar-refractivity contribution in [1.29, 1.82) is 0 Å². The molecule has 4 rings (SSSR count). The number of carbonyl (C=O) groups excluding carboxylic acids is 2. The number of aryl methyl sites for hydroxylation is 2. The number of hydrogen-bond donors (Lipinski definition) is 3. The molecule has 152 valence electrons. The minimum atomic E-state index is -0.812. The molecule has 0 fully saturated rings. The molecule has 0 aliphatic heterocycles. The van der Waals surface area contributed by atoms with Gasteiger partial charge in [0.15, 0.2) is 0 Å². The zero-order valence-electron chi connectivity index (χ0n) is 16.7. The van der Waals surface area contributed by atoms with Crippen LogP contribution in [0.15, 0.2) is 72.8 Å². The topological polar surface area (TPSA) is 84.2 Å². The van der Waals surface area contributed by atoms with Gasteiger partial charge in [0.1, 0.15) is 6.04 Å². The van der Waals surface area contributed by atoms with E-state index in [0.29, 0.717) is 12.1 Å².